The minimum Gasteiger partial charge on any atom is -0.333 e. The molecule has 1 heterocycles. The van der Waals surface area contributed by atoms with Crippen LogP contribution in [0.15, 0.2) is 12.5 Å². The molecule has 1 aromatic rings. The Kier molecular flexibility index (Phi) is 2.89. The average molecular weight is 199 g/mol. The first-order valence-electron chi connectivity index (χ1n) is 4.95. The molecule has 2 rings (SSSR count). The van der Waals surface area contributed by atoms with E-state index in [1.165, 1.54) is 25.7 Å². The van der Waals surface area contributed by atoms with E-state index in [0.717, 1.165) is 18.2 Å². The summed E-state index contributed by atoms with van der Waals surface area (Å²) < 4.78 is 2.17. The summed E-state index contributed by atoms with van der Waals surface area (Å²) in [7, 11) is 0. The van der Waals surface area contributed by atoms with Crippen LogP contribution in [0.4, 0.5) is 0 Å². The van der Waals surface area contributed by atoms with Gasteiger partial charge in [0.25, 0.3) is 0 Å². The van der Waals surface area contributed by atoms with E-state index >= 15 is 0 Å². The second kappa shape index (κ2) is 4.14. The summed E-state index contributed by atoms with van der Waals surface area (Å²) in [6, 6.07) is 0. The highest BCUT2D eigenvalue weighted by molar-refractivity contribution is 6.16. The van der Waals surface area contributed by atoms with Crippen LogP contribution < -0.4 is 0 Å². The molecule has 1 aliphatic carbocycles. The van der Waals surface area contributed by atoms with E-state index in [1.807, 2.05) is 12.5 Å². The van der Waals surface area contributed by atoms with E-state index in [1.54, 1.807) is 0 Å². The van der Waals surface area contributed by atoms with E-state index in [9.17, 15) is 0 Å². The molecule has 0 amide bonds. The summed E-state index contributed by atoms with van der Waals surface area (Å²) in [6.07, 6.45) is 9.30. The fraction of sp³-hybridized carbons (Fsp3) is 0.700. The molecule has 0 aromatic carbocycles. The largest absolute Gasteiger partial charge is 0.333 e. The summed E-state index contributed by atoms with van der Waals surface area (Å²) in [4.78, 5) is 4.09. The lowest BCUT2D eigenvalue weighted by molar-refractivity contribution is 0.281. The first-order chi connectivity index (χ1) is 6.40. The van der Waals surface area contributed by atoms with Crippen LogP contribution in [0.5, 0.6) is 0 Å². The molecule has 0 bridgehead atoms. The van der Waals surface area contributed by atoms with Gasteiger partial charge in [0.2, 0.25) is 0 Å². The number of alkyl halides is 1. The van der Waals surface area contributed by atoms with Crippen molar-refractivity contribution < 1.29 is 0 Å². The number of imidazole rings is 1. The van der Waals surface area contributed by atoms with Crippen molar-refractivity contribution in [2.75, 3.05) is 0 Å². The SMILES string of the molecule is ClCc1cncn1CCC1CCC1. The molecule has 13 heavy (non-hydrogen) atoms. The molecule has 2 nitrogen and oxygen atoms in total. The molecule has 0 spiro atoms. The summed E-state index contributed by atoms with van der Waals surface area (Å²) in [5, 5.41) is 0. The van der Waals surface area contributed by atoms with Gasteiger partial charge in [-0.05, 0) is 12.3 Å². The van der Waals surface area contributed by atoms with Crippen LogP contribution in [0.1, 0.15) is 31.4 Å². The Morgan fingerprint density at radius 2 is 2.38 bits per heavy atom. The van der Waals surface area contributed by atoms with Gasteiger partial charge >= 0.3 is 0 Å². The molecule has 0 saturated heterocycles. The maximum atomic E-state index is 5.78. The van der Waals surface area contributed by atoms with Crippen molar-refractivity contribution in [3.05, 3.63) is 18.2 Å². The number of hydrogen-bond acceptors (Lipinski definition) is 1. The van der Waals surface area contributed by atoms with Crippen LogP contribution in [0.3, 0.4) is 0 Å². The predicted octanol–water partition coefficient (Wildman–Crippen LogP) is 2.81. The second-order valence-corrected chi connectivity index (χ2v) is 4.06. The van der Waals surface area contributed by atoms with E-state index < -0.39 is 0 Å². The third-order valence-corrected chi connectivity index (χ3v) is 3.21. The number of rotatable bonds is 4. The molecular weight excluding hydrogens is 184 g/mol. The molecular formula is C10H15ClN2. The molecule has 0 unspecified atom stereocenters. The van der Waals surface area contributed by atoms with Crippen molar-refractivity contribution in [3.63, 3.8) is 0 Å². The number of nitrogens with zero attached hydrogens (tertiary/aromatic N) is 2. The van der Waals surface area contributed by atoms with E-state index in [4.69, 9.17) is 11.6 Å². The van der Waals surface area contributed by atoms with Crippen molar-refractivity contribution >= 4 is 11.6 Å². The van der Waals surface area contributed by atoms with Gasteiger partial charge in [0.1, 0.15) is 0 Å². The maximum Gasteiger partial charge on any atom is 0.0948 e. The van der Waals surface area contributed by atoms with Gasteiger partial charge in [-0.3, -0.25) is 0 Å². The Balaban J connectivity index is 1.85. The average Bonchev–Trinajstić information content (AvgIpc) is 2.49. The smallest absolute Gasteiger partial charge is 0.0948 e. The normalized spacial score (nSPS) is 17.3. The van der Waals surface area contributed by atoms with Crippen molar-refractivity contribution in [2.45, 2.75) is 38.1 Å². The van der Waals surface area contributed by atoms with Crippen molar-refractivity contribution in [1.82, 2.24) is 9.55 Å². The van der Waals surface area contributed by atoms with E-state index in [2.05, 4.69) is 9.55 Å². The molecule has 0 aliphatic heterocycles. The highest BCUT2D eigenvalue weighted by atomic mass is 35.5. The Hall–Kier alpha value is -0.500. The molecule has 0 radical (unpaired) electrons. The number of aromatic nitrogens is 2. The first-order valence-corrected chi connectivity index (χ1v) is 5.48. The van der Waals surface area contributed by atoms with Crippen LogP contribution in [0.2, 0.25) is 0 Å². The van der Waals surface area contributed by atoms with Gasteiger partial charge in [-0.1, -0.05) is 19.3 Å². The molecule has 1 fully saturated rings. The minimum atomic E-state index is 0.574. The molecule has 0 N–H and O–H groups in total. The lowest BCUT2D eigenvalue weighted by atomic mass is 9.83. The zero-order valence-corrected chi connectivity index (χ0v) is 8.50. The highest BCUT2D eigenvalue weighted by Crippen LogP contribution is 2.29. The highest BCUT2D eigenvalue weighted by Gasteiger charge is 2.17. The van der Waals surface area contributed by atoms with Crippen LogP contribution in [0, 0.1) is 5.92 Å². The summed E-state index contributed by atoms with van der Waals surface area (Å²) >= 11 is 5.78. The monoisotopic (exact) mass is 198 g/mol. The standard InChI is InChI=1S/C10H15ClN2/c11-6-10-7-12-8-13(10)5-4-9-2-1-3-9/h7-9H,1-6H2. The second-order valence-electron chi connectivity index (χ2n) is 3.80. The molecule has 1 aliphatic rings. The molecule has 1 saturated carbocycles. The Morgan fingerprint density at radius 3 is 3.00 bits per heavy atom. The molecule has 72 valence electrons. The maximum absolute atomic E-state index is 5.78. The van der Waals surface area contributed by atoms with E-state index in [-0.39, 0.29) is 0 Å². The fourth-order valence-corrected chi connectivity index (χ4v) is 1.99. The summed E-state index contributed by atoms with van der Waals surface area (Å²) in [6.45, 7) is 1.09. The predicted molar refractivity (Wildman–Crippen MR) is 53.7 cm³/mol. The Labute approximate surface area is 83.9 Å². The lowest BCUT2D eigenvalue weighted by Gasteiger charge is -2.25. The van der Waals surface area contributed by atoms with Crippen LogP contribution >= 0.6 is 11.6 Å². The van der Waals surface area contributed by atoms with Gasteiger partial charge in [0.15, 0.2) is 0 Å². The third kappa shape index (κ3) is 2.05. The topological polar surface area (TPSA) is 17.8 Å². The van der Waals surface area contributed by atoms with Crippen molar-refractivity contribution in [3.8, 4) is 0 Å². The number of halogens is 1. The number of aryl methyl sites for hydroxylation is 1. The van der Waals surface area contributed by atoms with Gasteiger partial charge in [-0.15, -0.1) is 11.6 Å². The molecule has 0 atom stereocenters. The van der Waals surface area contributed by atoms with Crippen molar-refractivity contribution in [2.24, 2.45) is 5.92 Å². The zero-order chi connectivity index (χ0) is 9.10. The van der Waals surface area contributed by atoms with Gasteiger partial charge in [0, 0.05) is 12.7 Å². The van der Waals surface area contributed by atoms with Gasteiger partial charge in [-0.2, -0.15) is 0 Å². The Morgan fingerprint density at radius 1 is 1.54 bits per heavy atom. The zero-order valence-electron chi connectivity index (χ0n) is 7.75. The van der Waals surface area contributed by atoms with Gasteiger partial charge < -0.3 is 4.57 Å². The number of hydrogen-bond donors (Lipinski definition) is 0. The minimum absolute atomic E-state index is 0.574. The Bertz CT molecular complexity index is 266. The summed E-state index contributed by atoms with van der Waals surface area (Å²) in [5.74, 6) is 1.54. The van der Waals surface area contributed by atoms with E-state index in [0.29, 0.717) is 5.88 Å². The first kappa shape index (κ1) is 9.07. The van der Waals surface area contributed by atoms with Crippen LogP contribution in [-0.4, -0.2) is 9.55 Å². The van der Waals surface area contributed by atoms with Gasteiger partial charge in [0.05, 0.1) is 17.9 Å². The van der Waals surface area contributed by atoms with Gasteiger partial charge in [-0.25, -0.2) is 4.98 Å². The van der Waals surface area contributed by atoms with Crippen LogP contribution in [-0.2, 0) is 12.4 Å². The molecule has 3 heteroatoms. The molecule has 1 aromatic heterocycles. The van der Waals surface area contributed by atoms with Crippen LogP contribution in [0.25, 0.3) is 0 Å². The van der Waals surface area contributed by atoms with Crippen molar-refractivity contribution in [1.29, 1.82) is 0 Å². The summed E-state index contributed by atoms with van der Waals surface area (Å²) in [5.41, 5.74) is 1.14. The fourth-order valence-electron chi connectivity index (χ4n) is 1.76. The quantitative estimate of drug-likeness (QED) is 0.681. The third-order valence-electron chi connectivity index (χ3n) is 2.94. The lowest BCUT2D eigenvalue weighted by Crippen LogP contribution is -2.14.